The Labute approximate surface area is 120 Å². The molecular weight excluding hydrogens is 254 g/mol. The minimum atomic E-state index is 0.778. The third kappa shape index (κ3) is 2.95. The van der Waals surface area contributed by atoms with E-state index in [1.165, 1.54) is 55.1 Å². The molecule has 1 aliphatic carbocycles. The fraction of sp³-hybridized carbons (Fsp3) is 0.800. The second-order valence-corrected chi connectivity index (χ2v) is 6.93. The Morgan fingerprint density at radius 3 is 3.05 bits per heavy atom. The Kier molecular flexibility index (Phi) is 4.38. The number of fused-ring (bicyclic) bond motifs is 1. The number of hydrogen-bond donors (Lipinski definition) is 1. The summed E-state index contributed by atoms with van der Waals surface area (Å²) in [6.07, 6.45) is 10.5. The van der Waals surface area contributed by atoms with Crippen LogP contribution in [0, 0.1) is 5.92 Å². The largest absolute Gasteiger partial charge is 0.345 e. The van der Waals surface area contributed by atoms with Crippen molar-refractivity contribution in [2.24, 2.45) is 5.92 Å². The van der Waals surface area contributed by atoms with E-state index < -0.39 is 0 Å². The van der Waals surface area contributed by atoms with E-state index in [0.717, 1.165) is 25.0 Å². The Morgan fingerprint density at radius 1 is 1.32 bits per heavy atom. The number of aromatic nitrogens is 1. The highest BCUT2D eigenvalue weighted by molar-refractivity contribution is 7.15. The van der Waals surface area contributed by atoms with E-state index in [1.807, 2.05) is 11.3 Å². The van der Waals surface area contributed by atoms with Crippen LogP contribution in [-0.2, 0) is 6.54 Å². The van der Waals surface area contributed by atoms with E-state index >= 15 is 0 Å². The number of thiazole rings is 1. The van der Waals surface area contributed by atoms with Gasteiger partial charge >= 0.3 is 0 Å². The Hall–Kier alpha value is -0.610. The van der Waals surface area contributed by atoms with Crippen LogP contribution in [0.1, 0.15) is 50.3 Å². The first-order chi connectivity index (χ1) is 9.38. The fourth-order valence-corrected chi connectivity index (χ4v) is 4.59. The van der Waals surface area contributed by atoms with Gasteiger partial charge in [0.25, 0.3) is 0 Å². The Morgan fingerprint density at radius 2 is 2.16 bits per heavy atom. The minimum absolute atomic E-state index is 0.778. The zero-order chi connectivity index (χ0) is 13.1. The van der Waals surface area contributed by atoms with Gasteiger partial charge in [0, 0.05) is 30.2 Å². The van der Waals surface area contributed by atoms with Crippen LogP contribution in [0.25, 0.3) is 0 Å². The molecule has 1 saturated carbocycles. The van der Waals surface area contributed by atoms with Crippen LogP contribution in [0.5, 0.6) is 0 Å². The van der Waals surface area contributed by atoms with Gasteiger partial charge in [0.2, 0.25) is 0 Å². The standard InChI is InChI=1S/C15H25N3S/c1-2-16-10-13-11-17-15(19-13)18-9-5-7-12-6-3-4-8-14(12)18/h11-12,14,16H,2-10H2,1H3. The molecule has 0 aromatic carbocycles. The topological polar surface area (TPSA) is 28.2 Å². The van der Waals surface area contributed by atoms with Crippen LogP contribution in [0.15, 0.2) is 6.20 Å². The smallest absolute Gasteiger partial charge is 0.185 e. The van der Waals surface area contributed by atoms with Crippen LogP contribution in [0.3, 0.4) is 0 Å². The zero-order valence-corrected chi connectivity index (χ0v) is 12.7. The summed E-state index contributed by atoms with van der Waals surface area (Å²) in [7, 11) is 0. The highest BCUT2D eigenvalue weighted by Gasteiger charge is 2.34. The number of hydrogen-bond acceptors (Lipinski definition) is 4. The van der Waals surface area contributed by atoms with Crippen LogP contribution < -0.4 is 10.2 Å². The van der Waals surface area contributed by atoms with Crippen LogP contribution in [-0.4, -0.2) is 24.1 Å². The lowest BCUT2D eigenvalue weighted by Crippen LogP contribution is -2.46. The van der Waals surface area contributed by atoms with Crippen LogP contribution in [0.4, 0.5) is 5.13 Å². The van der Waals surface area contributed by atoms with Crippen molar-refractivity contribution in [2.75, 3.05) is 18.0 Å². The van der Waals surface area contributed by atoms with Crippen LogP contribution in [0.2, 0.25) is 0 Å². The highest BCUT2D eigenvalue weighted by atomic mass is 32.1. The van der Waals surface area contributed by atoms with Gasteiger partial charge in [-0.15, -0.1) is 11.3 Å². The molecule has 1 aromatic rings. The maximum Gasteiger partial charge on any atom is 0.185 e. The molecule has 1 saturated heterocycles. The molecule has 3 nitrogen and oxygen atoms in total. The van der Waals surface area contributed by atoms with Crippen LogP contribution >= 0.6 is 11.3 Å². The molecule has 2 atom stereocenters. The third-order valence-corrected chi connectivity index (χ3v) is 5.61. The molecule has 2 heterocycles. The Balaban J connectivity index is 1.70. The molecule has 1 aromatic heterocycles. The van der Waals surface area contributed by atoms with Gasteiger partial charge in [0.15, 0.2) is 5.13 Å². The normalized spacial score (nSPS) is 27.3. The summed E-state index contributed by atoms with van der Waals surface area (Å²) in [6, 6.07) is 0.778. The predicted octanol–water partition coefficient (Wildman–Crippen LogP) is 3.41. The van der Waals surface area contributed by atoms with Gasteiger partial charge in [-0.25, -0.2) is 4.98 Å². The van der Waals surface area contributed by atoms with E-state index in [9.17, 15) is 0 Å². The molecule has 0 radical (unpaired) electrons. The first-order valence-corrected chi connectivity index (χ1v) is 8.62. The summed E-state index contributed by atoms with van der Waals surface area (Å²) in [5, 5.41) is 4.66. The lowest BCUT2D eigenvalue weighted by molar-refractivity contribution is 0.243. The quantitative estimate of drug-likeness (QED) is 0.915. The second-order valence-electron chi connectivity index (χ2n) is 5.84. The van der Waals surface area contributed by atoms with Gasteiger partial charge in [-0.1, -0.05) is 19.8 Å². The van der Waals surface area contributed by atoms with E-state index in [2.05, 4.69) is 28.3 Å². The van der Waals surface area contributed by atoms with Crippen molar-refractivity contribution in [1.82, 2.24) is 10.3 Å². The van der Waals surface area contributed by atoms with E-state index in [4.69, 9.17) is 0 Å². The van der Waals surface area contributed by atoms with Crippen molar-refractivity contribution < 1.29 is 0 Å². The minimum Gasteiger partial charge on any atom is -0.345 e. The summed E-state index contributed by atoms with van der Waals surface area (Å²) in [4.78, 5) is 8.68. The third-order valence-electron chi connectivity index (χ3n) is 4.58. The summed E-state index contributed by atoms with van der Waals surface area (Å²) >= 11 is 1.89. The van der Waals surface area contributed by atoms with Crippen molar-refractivity contribution in [3.63, 3.8) is 0 Å². The van der Waals surface area contributed by atoms with Crippen molar-refractivity contribution in [1.29, 1.82) is 0 Å². The maximum absolute atomic E-state index is 4.69. The number of rotatable bonds is 4. The molecule has 1 aliphatic heterocycles. The monoisotopic (exact) mass is 279 g/mol. The molecule has 2 aliphatic rings. The van der Waals surface area contributed by atoms with Crippen molar-refractivity contribution in [3.8, 4) is 0 Å². The highest BCUT2D eigenvalue weighted by Crippen LogP contribution is 2.38. The maximum atomic E-state index is 4.69. The average molecular weight is 279 g/mol. The summed E-state index contributed by atoms with van der Waals surface area (Å²) in [5.41, 5.74) is 0. The molecule has 19 heavy (non-hydrogen) atoms. The van der Waals surface area contributed by atoms with Crippen molar-refractivity contribution in [2.45, 2.75) is 58.0 Å². The van der Waals surface area contributed by atoms with Gasteiger partial charge in [-0.2, -0.15) is 0 Å². The van der Waals surface area contributed by atoms with E-state index in [0.29, 0.717) is 0 Å². The lowest BCUT2D eigenvalue weighted by atomic mass is 9.78. The molecule has 0 amide bonds. The molecule has 4 heteroatoms. The van der Waals surface area contributed by atoms with Gasteiger partial charge < -0.3 is 10.2 Å². The fourth-order valence-electron chi connectivity index (χ4n) is 3.62. The number of piperidine rings is 1. The molecule has 1 N–H and O–H groups in total. The second kappa shape index (κ2) is 6.23. The molecule has 0 spiro atoms. The SMILES string of the molecule is CCNCc1cnc(N2CCCC3CCCCC32)s1. The van der Waals surface area contributed by atoms with E-state index in [-0.39, 0.29) is 0 Å². The Bertz CT molecular complexity index is 402. The van der Waals surface area contributed by atoms with Gasteiger partial charge in [0.1, 0.15) is 0 Å². The molecule has 0 bridgehead atoms. The van der Waals surface area contributed by atoms with Gasteiger partial charge in [0.05, 0.1) is 0 Å². The number of nitrogens with one attached hydrogen (secondary N) is 1. The summed E-state index contributed by atoms with van der Waals surface area (Å²) in [5.74, 6) is 0.934. The predicted molar refractivity (Wildman–Crippen MR) is 81.8 cm³/mol. The average Bonchev–Trinajstić information content (AvgIpc) is 2.93. The molecular formula is C15H25N3S. The van der Waals surface area contributed by atoms with Gasteiger partial charge in [-0.05, 0) is 38.1 Å². The van der Waals surface area contributed by atoms with Crippen molar-refractivity contribution in [3.05, 3.63) is 11.1 Å². The van der Waals surface area contributed by atoms with Crippen molar-refractivity contribution >= 4 is 16.5 Å². The first kappa shape index (κ1) is 13.4. The lowest BCUT2D eigenvalue weighted by Gasteiger charge is -2.44. The van der Waals surface area contributed by atoms with E-state index in [1.54, 1.807) is 0 Å². The first-order valence-electron chi connectivity index (χ1n) is 7.80. The summed E-state index contributed by atoms with van der Waals surface area (Å²) < 4.78 is 0. The molecule has 3 rings (SSSR count). The summed E-state index contributed by atoms with van der Waals surface area (Å²) in [6.45, 7) is 5.37. The molecule has 2 fully saturated rings. The molecule has 106 valence electrons. The number of anilines is 1. The zero-order valence-electron chi connectivity index (χ0n) is 11.9. The number of nitrogens with zero attached hydrogens (tertiary/aromatic N) is 2. The molecule has 2 unspecified atom stereocenters. The van der Waals surface area contributed by atoms with Gasteiger partial charge in [-0.3, -0.25) is 0 Å².